The van der Waals surface area contributed by atoms with Crippen molar-refractivity contribution < 1.29 is 63.6 Å². The molecule has 0 aromatic heterocycles. The maximum Gasteiger partial charge on any atom is 0.435 e. The van der Waals surface area contributed by atoms with Crippen LogP contribution in [0.2, 0.25) is 0 Å². The molecule has 3 aliphatic rings. The van der Waals surface area contributed by atoms with Crippen molar-refractivity contribution in [3.63, 3.8) is 0 Å². The second kappa shape index (κ2) is 16.1. The van der Waals surface area contributed by atoms with Crippen molar-refractivity contribution in [3.05, 3.63) is 29.3 Å². The monoisotopic (exact) mass is 706 g/mol. The van der Waals surface area contributed by atoms with Crippen LogP contribution in [0.1, 0.15) is 94.6 Å². The zero-order valence-corrected chi connectivity index (χ0v) is 27.3. The molecule has 1 aromatic rings. The summed E-state index contributed by atoms with van der Waals surface area (Å²) in [4.78, 5) is 0. The lowest BCUT2D eigenvalue weighted by molar-refractivity contribution is -0.457. The molecule has 0 unspecified atom stereocenters. The van der Waals surface area contributed by atoms with Crippen molar-refractivity contribution in [2.45, 2.75) is 120 Å². The highest BCUT2D eigenvalue weighted by Gasteiger charge is 2.85. The summed E-state index contributed by atoms with van der Waals surface area (Å²) in [5.41, 5.74) is -3.94. The second-order valence-electron chi connectivity index (χ2n) is 13.6. The van der Waals surface area contributed by atoms with Gasteiger partial charge in [0.05, 0.1) is 19.3 Å². The van der Waals surface area contributed by atoms with E-state index in [1.807, 2.05) is 6.07 Å². The van der Waals surface area contributed by atoms with Gasteiger partial charge in [0.1, 0.15) is 12.4 Å². The van der Waals surface area contributed by atoms with Crippen LogP contribution in [0.4, 0.5) is 39.5 Å². The minimum absolute atomic E-state index is 0.237. The lowest BCUT2D eigenvalue weighted by Gasteiger charge is -2.50. The van der Waals surface area contributed by atoms with E-state index in [1.165, 1.54) is 11.1 Å². The molecular formula is C34H47F9O5. The molecule has 1 N–H and O–H groups in total. The van der Waals surface area contributed by atoms with Crippen molar-refractivity contribution in [1.29, 1.82) is 0 Å². The Balaban J connectivity index is 1.24. The number of aliphatic hydroxyl groups excluding tert-OH is 1. The molecule has 276 valence electrons. The summed E-state index contributed by atoms with van der Waals surface area (Å²) in [5.74, 6) is 1.86. The van der Waals surface area contributed by atoms with Crippen LogP contribution >= 0.6 is 0 Å². The van der Waals surface area contributed by atoms with Gasteiger partial charge in [-0.05, 0) is 104 Å². The number of alkyl halides is 9. The molecule has 0 amide bonds. The molecule has 48 heavy (non-hydrogen) atoms. The van der Waals surface area contributed by atoms with Gasteiger partial charge in [-0.15, -0.1) is 0 Å². The number of halogens is 9. The predicted octanol–water partition coefficient (Wildman–Crippen LogP) is 9.10. The molecule has 3 aliphatic carbocycles. The molecule has 2 fully saturated rings. The van der Waals surface area contributed by atoms with Crippen LogP contribution in [-0.2, 0) is 20.6 Å². The molecule has 0 spiro atoms. The van der Waals surface area contributed by atoms with Crippen LogP contribution in [0.3, 0.4) is 0 Å². The van der Waals surface area contributed by atoms with Gasteiger partial charge in [0.15, 0.2) is 0 Å². The van der Waals surface area contributed by atoms with Gasteiger partial charge in [0.25, 0.3) is 0 Å². The number of hydrogen-bond donors (Lipinski definition) is 1. The molecule has 5 atom stereocenters. The lowest BCUT2D eigenvalue weighted by atomic mass is 9.55. The molecule has 0 heterocycles. The first-order valence-electron chi connectivity index (χ1n) is 17.0. The maximum atomic E-state index is 13.1. The van der Waals surface area contributed by atoms with Crippen LogP contribution in [-0.4, -0.2) is 75.0 Å². The van der Waals surface area contributed by atoms with Crippen molar-refractivity contribution >= 4 is 0 Å². The molecule has 1 aromatic carbocycles. The van der Waals surface area contributed by atoms with E-state index in [0.717, 1.165) is 70.0 Å². The SMILES string of the molecule is C[C@]12CC[C@@H]3c4ccc(OCCOCCCCCCCO)cc4CC[C@H]3[C@@H]1CC[C@@H]2OCCCOC(C(F)(F)F)(C(F)(F)F)C(F)(F)F. The standard InChI is InChI=1S/C34H47F9O5/c1-30-15-14-26-25-11-9-24(46-21-20-45-17-6-4-2-3-5-16-44)22-23(25)8-10-27(26)28(30)12-13-29(30)47-18-7-19-48-31(32(35,36)37,33(38,39)40)34(41,42)43/h9,11,22,26-29,44H,2-8,10,12-21H2,1H3/t26-,27-,28+,29+,30+/m1/s1. The third-order valence-electron chi connectivity index (χ3n) is 10.7. The largest absolute Gasteiger partial charge is 0.491 e. The Bertz CT molecular complexity index is 1120. The highest BCUT2D eigenvalue weighted by Crippen LogP contribution is 2.62. The van der Waals surface area contributed by atoms with E-state index in [1.54, 1.807) is 0 Å². The number of fused-ring (bicyclic) bond motifs is 5. The summed E-state index contributed by atoms with van der Waals surface area (Å²) >= 11 is 0. The summed E-state index contributed by atoms with van der Waals surface area (Å²) in [5, 5.41) is 8.82. The summed E-state index contributed by atoms with van der Waals surface area (Å²) < 4.78 is 139. The van der Waals surface area contributed by atoms with E-state index in [9.17, 15) is 39.5 Å². The van der Waals surface area contributed by atoms with Crippen LogP contribution in [0.25, 0.3) is 0 Å². The van der Waals surface area contributed by atoms with Crippen LogP contribution in [0.15, 0.2) is 18.2 Å². The van der Waals surface area contributed by atoms with Gasteiger partial charge < -0.3 is 24.1 Å². The first-order valence-corrected chi connectivity index (χ1v) is 17.0. The summed E-state index contributed by atoms with van der Waals surface area (Å²) in [6, 6.07) is 6.24. The van der Waals surface area contributed by atoms with E-state index < -0.39 is 37.2 Å². The highest BCUT2D eigenvalue weighted by molar-refractivity contribution is 5.40. The third-order valence-corrected chi connectivity index (χ3v) is 10.7. The molecule has 0 saturated heterocycles. The number of benzene rings is 1. The number of aliphatic hydroxyl groups is 1. The maximum absolute atomic E-state index is 13.1. The van der Waals surface area contributed by atoms with E-state index in [4.69, 9.17) is 19.3 Å². The van der Waals surface area contributed by atoms with Crippen LogP contribution < -0.4 is 4.74 Å². The quantitative estimate of drug-likeness (QED) is 0.129. The molecule has 2 saturated carbocycles. The smallest absolute Gasteiger partial charge is 0.435 e. The van der Waals surface area contributed by atoms with E-state index in [-0.39, 0.29) is 24.7 Å². The first-order chi connectivity index (χ1) is 22.6. The summed E-state index contributed by atoms with van der Waals surface area (Å²) in [6.45, 7) is 2.26. The van der Waals surface area contributed by atoms with Crippen molar-refractivity contribution in [1.82, 2.24) is 0 Å². The van der Waals surface area contributed by atoms with Gasteiger partial charge in [-0.2, -0.15) is 39.5 Å². The van der Waals surface area contributed by atoms with Gasteiger partial charge in [-0.25, -0.2) is 0 Å². The zero-order chi connectivity index (χ0) is 35.2. The molecule has 0 aliphatic heterocycles. The Kier molecular flexibility index (Phi) is 13.1. The summed E-state index contributed by atoms with van der Waals surface area (Å²) in [7, 11) is 0. The predicted molar refractivity (Wildman–Crippen MR) is 159 cm³/mol. The molecule has 4 rings (SSSR count). The van der Waals surface area contributed by atoms with Gasteiger partial charge in [0, 0.05) is 19.8 Å². The average molecular weight is 707 g/mol. The minimum Gasteiger partial charge on any atom is -0.491 e. The number of hydrogen-bond acceptors (Lipinski definition) is 5. The third kappa shape index (κ3) is 8.39. The van der Waals surface area contributed by atoms with Crippen molar-refractivity contribution in [2.24, 2.45) is 17.3 Å². The fraction of sp³-hybridized carbons (Fsp3) is 0.824. The topological polar surface area (TPSA) is 57.2 Å². The first kappa shape index (κ1) is 39.0. The molecule has 0 bridgehead atoms. The minimum atomic E-state index is -6.74. The van der Waals surface area contributed by atoms with E-state index >= 15 is 0 Å². The number of aryl methyl sites for hydroxylation is 1. The Morgan fingerprint density at radius 3 is 2.12 bits per heavy atom. The lowest BCUT2D eigenvalue weighted by Crippen LogP contribution is -2.67. The Morgan fingerprint density at radius 2 is 1.44 bits per heavy atom. The van der Waals surface area contributed by atoms with Crippen molar-refractivity contribution in [3.8, 4) is 5.75 Å². The van der Waals surface area contributed by atoms with E-state index in [2.05, 4.69) is 23.8 Å². The molecule has 14 heteroatoms. The Morgan fingerprint density at radius 1 is 0.750 bits per heavy atom. The van der Waals surface area contributed by atoms with Gasteiger partial charge in [-0.1, -0.05) is 32.3 Å². The van der Waals surface area contributed by atoms with Crippen molar-refractivity contribution in [2.75, 3.05) is 39.6 Å². The zero-order valence-electron chi connectivity index (χ0n) is 27.3. The van der Waals surface area contributed by atoms with Gasteiger partial charge in [-0.3, -0.25) is 0 Å². The van der Waals surface area contributed by atoms with Gasteiger partial charge >= 0.3 is 24.1 Å². The molecular weight excluding hydrogens is 659 g/mol. The number of rotatable bonds is 17. The fourth-order valence-corrected chi connectivity index (χ4v) is 8.28. The Labute approximate surface area is 275 Å². The van der Waals surface area contributed by atoms with Gasteiger partial charge in [0.2, 0.25) is 0 Å². The number of unbranched alkanes of at least 4 members (excludes halogenated alkanes) is 4. The molecule has 5 nitrogen and oxygen atoms in total. The highest BCUT2D eigenvalue weighted by atomic mass is 19.4. The summed E-state index contributed by atoms with van der Waals surface area (Å²) in [6.07, 6.45) is -11.0. The molecule has 0 radical (unpaired) electrons. The van der Waals surface area contributed by atoms with Crippen LogP contribution in [0, 0.1) is 17.3 Å². The van der Waals surface area contributed by atoms with Crippen LogP contribution in [0.5, 0.6) is 5.75 Å². The Hall–Kier alpha value is -1.77. The fourth-order valence-electron chi connectivity index (χ4n) is 8.28. The van der Waals surface area contributed by atoms with E-state index in [0.29, 0.717) is 44.0 Å². The normalized spacial score (nSPS) is 26.2. The number of ether oxygens (including phenoxy) is 4. The second-order valence-corrected chi connectivity index (χ2v) is 13.6. The average Bonchev–Trinajstić information content (AvgIpc) is 3.33.